The maximum absolute atomic E-state index is 9.78. The normalized spacial score (nSPS) is 12.4. The Balaban J connectivity index is 3.83. The van der Waals surface area contributed by atoms with Gasteiger partial charge in [0.05, 0.1) is 13.2 Å². The molecule has 0 aliphatic rings. The lowest BCUT2D eigenvalue weighted by atomic mass is 10.4. The van der Waals surface area contributed by atoms with Gasteiger partial charge in [0.2, 0.25) is 0 Å². The summed E-state index contributed by atoms with van der Waals surface area (Å²) in [5, 5.41) is 17.6. The Labute approximate surface area is 97.8 Å². The van der Waals surface area contributed by atoms with Gasteiger partial charge in [0.1, 0.15) is 0 Å². The summed E-state index contributed by atoms with van der Waals surface area (Å²) in [6.07, 6.45) is 0.713. The summed E-state index contributed by atoms with van der Waals surface area (Å²) >= 11 is 0. The van der Waals surface area contributed by atoms with Crippen molar-refractivity contribution in [3.8, 4) is 0 Å². The van der Waals surface area contributed by atoms with Gasteiger partial charge in [-0.15, -0.1) is 0 Å². The van der Waals surface area contributed by atoms with E-state index in [4.69, 9.17) is 19.1 Å². The lowest BCUT2D eigenvalue weighted by Gasteiger charge is -2.23. The van der Waals surface area contributed by atoms with Gasteiger partial charge in [-0.2, -0.15) is 0 Å². The minimum absolute atomic E-state index is 0.0657. The first-order valence-electron chi connectivity index (χ1n) is 5.38. The molecule has 16 heavy (non-hydrogen) atoms. The average molecular weight is 253 g/mol. The van der Waals surface area contributed by atoms with Crippen molar-refractivity contribution in [3.05, 3.63) is 0 Å². The van der Waals surface area contributed by atoms with Gasteiger partial charge < -0.3 is 23.9 Å². The van der Waals surface area contributed by atoms with E-state index in [1.54, 1.807) is 0 Å². The molecule has 0 saturated heterocycles. The maximum atomic E-state index is 9.78. The molecule has 0 spiro atoms. The fraction of sp³-hybridized carbons (Fsp3) is 1.00. The smallest absolute Gasteiger partial charge is 0.395 e. The molecule has 0 atom stereocenters. The van der Waals surface area contributed by atoms with Gasteiger partial charge in [0.15, 0.2) is 0 Å². The van der Waals surface area contributed by atoms with Crippen LogP contribution in [0.5, 0.6) is 0 Å². The second kappa shape index (κ2) is 9.05. The fourth-order valence-electron chi connectivity index (χ4n) is 1.43. The van der Waals surface area contributed by atoms with Crippen LogP contribution in [0.25, 0.3) is 0 Å². The molecule has 0 bridgehead atoms. The molecule has 0 aromatic heterocycles. The van der Waals surface area contributed by atoms with Crippen molar-refractivity contribution in [2.24, 2.45) is 0 Å². The van der Waals surface area contributed by atoms with Crippen molar-refractivity contribution in [1.29, 1.82) is 0 Å². The summed E-state index contributed by atoms with van der Waals surface area (Å²) in [6, 6.07) is 0.480. The highest BCUT2D eigenvalue weighted by Gasteiger charge is 2.33. The molecule has 0 heterocycles. The molecule has 3 N–H and O–H groups in total. The molecule has 0 radical (unpaired) electrons. The predicted octanol–water partition coefficient (Wildman–Crippen LogP) is -1.11. The van der Waals surface area contributed by atoms with Gasteiger partial charge in [-0.05, 0) is 13.0 Å². The second-order valence-corrected chi connectivity index (χ2v) is 6.26. The van der Waals surface area contributed by atoms with Gasteiger partial charge in [0, 0.05) is 33.4 Å². The second-order valence-electron chi connectivity index (χ2n) is 3.51. The van der Waals surface area contributed by atoms with Crippen LogP contribution in [0.1, 0.15) is 6.42 Å². The van der Waals surface area contributed by atoms with Crippen molar-refractivity contribution >= 4 is 8.80 Å². The summed E-state index contributed by atoms with van der Waals surface area (Å²) in [4.78, 5) is 11.7. The lowest BCUT2D eigenvalue weighted by Crippen LogP contribution is -2.41. The first-order valence-corrected chi connectivity index (χ1v) is 7.35. The number of rotatable bonds is 10. The van der Waals surface area contributed by atoms with Crippen molar-refractivity contribution < 1.29 is 23.9 Å². The number of aliphatic hydroxyl groups excluding tert-OH is 2. The zero-order valence-electron chi connectivity index (χ0n) is 10.1. The Kier molecular flexibility index (Phi) is 9.04. The Morgan fingerprint density at radius 3 is 1.88 bits per heavy atom. The number of hydrogen-bond donors (Lipinski definition) is 3. The molecular formula is C9H23NO5Si. The SMILES string of the molecule is CO[Si](O)(CCCN(CCO)CCO)OC. The molecule has 0 aliphatic carbocycles. The van der Waals surface area contributed by atoms with E-state index < -0.39 is 8.80 Å². The van der Waals surface area contributed by atoms with E-state index in [2.05, 4.69) is 0 Å². The number of nitrogens with zero attached hydrogens (tertiary/aromatic N) is 1. The van der Waals surface area contributed by atoms with E-state index in [-0.39, 0.29) is 13.2 Å². The third kappa shape index (κ3) is 6.54. The van der Waals surface area contributed by atoms with Crippen LogP contribution < -0.4 is 0 Å². The molecule has 0 rings (SSSR count). The van der Waals surface area contributed by atoms with Crippen LogP contribution in [0.15, 0.2) is 0 Å². The van der Waals surface area contributed by atoms with Gasteiger partial charge >= 0.3 is 8.80 Å². The molecule has 0 saturated carbocycles. The van der Waals surface area contributed by atoms with E-state index in [0.29, 0.717) is 32.1 Å². The van der Waals surface area contributed by atoms with E-state index in [1.165, 1.54) is 14.2 Å². The van der Waals surface area contributed by atoms with E-state index in [1.807, 2.05) is 4.90 Å². The maximum Gasteiger partial charge on any atom is 0.497 e. The Morgan fingerprint density at radius 1 is 1.00 bits per heavy atom. The fourth-order valence-corrected chi connectivity index (χ4v) is 2.61. The number of aliphatic hydroxyl groups is 2. The monoisotopic (exact) mass is 253 g/mol. The summed E-state index contributed by atoms with van der Waals surface area (Å²) in [6.45, 7) is 1.89. The molecule has 0 amide bonds. The minimum Gasteiger partial charge on any atom is -0.395 e. The van der Waals surface area contributed by atoms with Crippen molar-refractivity contribution in [2.75, 3.05) is 47.1 Å². The number of hydrogen-bond acceptors (Lipinski definition) is 6. The summed E-state index contributed by atoms with van der Waals surface area (Å²) < 4.78 is 9.89. The van der Waals surface area contributed by atoms with Gasteiger partial charge in [-0.1, -0.05) is 0 Å². The van der Waals surface area contributed by atoms with Crippen LogP contribution >= 0.6 is 0 Å². The van der Waals surface area contributed by atoms with Crippen LogP contribution in [0.3, 0.4) is 0 Å². The van der Waals surface area contributed by atoms with Crippen molar-refractivity contribution in [3.63, 3.8) is 0 Å². The van der Waals surface area contributed by atoms with E-state index in [0.717, 1.165) is 0 Å². The highest BCUT2D eigenvalue weighted by molar-refractivity contribution is 6.59. The average Bonchev–Trinajstić information content (AvgIpc) is 2.29. The third-order valence-electron chi connectivity index (χ3n) is 2.44. The van der Waals surface area contributed by atoms with Crippen LogP contribution in [0.4, 0.5) is 0 Å². The minimum atomic E-state index is -2.96. The molecule has 0 unspecified atom stereocenters. The molecule has 7 heteroatoms. The predicted molar refractivity (Wildman–Crippen MR) is 62.0 cm³/mol. The molecule has 0 aromatic carbocycles. The first kappa shape index (κ1) is 16.0. The summed E-state index contributed by atoms with van der Waals surface area (Å²) in [5.74, 6) is 0. The van der Waals surface area contributed by atoms with Crippen molar-refractivity contribution in [2.45, 2.75) is 12.5 Å². The first-order chi connectivity index (χ1) is 7.61. The quantitative estimate of drug-likeness (QED) is 0.428. The molecular weight excluding hydrogens is 230 g/mol. The summed E-state index contributed by atoms with van der Waals surface area (Å²) in [7, 11) is -0.0829. The molecule has 0 aliphatic heterocycles. The van der Waals surface area contributed by atoms with Crippen LogP contribution in [0.2, 0.25) is 6.04 Å². The van der Waals surface area contributed by atoms with Crippen molar-refractivity contribution in [1.82, 2.24) is 4.90 Å². The Hall–Kier alpha value is -0.0231. The van der Waals surface area contributed by atoms with E-state index >= 15 is 0 Å². The Bertz CT molecular complexity index is 162. The third-order valence-corrected chi connectivity index (χ3v) is 4.70. The van der Waals surface area contributed by atoms with Gasteiger partial charge in [-0.3, -0.25) is 4.90 Å². The Morgan fingerprint density at radius 2 is 1.50 bits per heavy atom. The zero-order valence-corrected chi connectivity index (χ0v) is 11.1. The standard InChI is InChI=1S/C9H23NO5Si/c1-14-16(13,15-2)9-3-4-10(5-7-11)6-8-12/h11-13H,3-9H2,1-2H3. The lowest BCUT2D eigenvalue weighted by molar-refractivity contribution is 0.141. The summed E-state index contributed by atoms with van der Waals surface area (Å²) in [5.41, 5.74) is 0. The zero-order chi connectivity index (χ0) is 12.4. The van der Waals surface area contributed by atoms with Gasteiger partial charge in [0.25, 0.3) is 0 Å². The highest BCUT2D eigenvalue weighted by Crippen LogP contribution is 2.10. The molecule has 6 nitrogen and oxygen atoms in total. The molecule has 0 fully saturated rings. The highest BCUT2D eigenvalue weighted by atomic mass is 28.4. The topological polar surface area (TPSA) is 82.4 Å². The van der Waals surface area contributed by atoms with Gasteiger partial charge in [-0.25, -0.2) is 0 Å². The van der Waals surface area contributed by atoms with Crippen LogP contribution in [-0.4, -0.2) is 75.8 Å². The molecule has 98 valence electrons. The van der Waals surface area contributed by atoms with E-state index in [9.17, 15) is 4.80 Å². The molecule has 0 aromatic rings. The largest absolute Gasteiger partial charge is 0.497 e. The van der Waals surface area contributed by atoms with Crippen LogP contribution in [-0.2, 0) is 8.85 Å². The van der Waals surface area contributed by atoms with Crippen LogP contribution in [0, 0.1) is 0 Å².